The van der Waals surface area contributed by atoms with Gasteiger partial charge in [0.05, 0.1) is 0 Å². The van der Waals surface area contributed by atoms with Crippen molar-refractivity contribution in [2.75, 3.05) is 0 Å². The van der Waals surface area contributed by atoms with Gasteiger partial charge < -0.3 is 0 Å². The van der Waals surface area contributed by atoms with E-state index in [2.05, 4.69) is 41.5 Å². The number of hydrogen-bond acceptors (Lipinski definition) is 0. The third-order valence-electron chi connectivity index (χ3n) is 6.52. The Balaban J connectivity index is 4.96. The predicted molar refractivity (Wildman–Crippen MR) is 113 cm³/mol. The molecule has 0 heterocycles. The third kappa shape index (κ3) is 10.1. The Morgan fingerprint density at radius 3 is 1.38 bits per heavy atom. The second-order valence-electron chi connectivity index (χ2n) is 8.29. The monoisotopic (exact) mass is 338 g/mol. The van der Waals surface area contributed by atoms with Crippen LogP contribution in [0.1, 0.15) is 131 Å². The Morgan fingerprint density at radius 1 is 0.500 bits per heavy atom. The topological polar surface area (TPSA) is 0 Å². The van der Waals surface area contributed by atoms with E-state index in [1.54, 1.807) is 0 Å². The highest BCUT2D eigenvalue weighted by Crippen LogP contribution is 2.39. The summed E-state index contributed by atoms with van der Waals surface area (Å²) in [5.74, 6) is 3.93. The zero-order valence-electron chi connectivity index (χ0n) is 18.2. The van der Waals surface area contributed by atoms with Crippen molar-refractivity contribution >= 4 is 0 Å². The molecule has 0 aromatic rings. The van der Waals surface area contributed by atoms with Crippen molar-refractivity contribution in [3.05, 3.63) is 0 Å². The lowest BCUT2D eigenvalue weighted by molar-refractivity contribution is 0.146. The normalized spacial score (nSPS) is 16.8. The second kappa shape index (κ2) is 16.5. The van der Waals surface area contributed by atoms with Crippen LogP contribution in [0.25, 0.3) is 0 Å². The first-order chi connectivity index (χ1) is 11.7. The maximum Gasteiger partial charge on any atom is -0.0355 e. The summed E-state index contributed by atoms with van der Waals surface area (Å²) in [4.78, 5) is 0. The van der Waals surface area contributed by atoms with E-state index in [4.69, 9.17) is 0 Å². The van der Waals surface area contributed by atoms with Crippen LogP contribution in [0, 0.1) is 23.7 Å². The van der Waals surface area contributed by atoms with Gasteiger partial charge in [0, 0.05) is 0 Å². The van der Waals surface area contributed by atoms with E-state index in [0.717, 1.165) is 23.7 Å². The van der Waals surface area contributed by atoms with Crippen molar-refractivity contribution in [2.45, 2.75) is 131 Å². The fourth-order valence-corrected chi connectivity index (χ4v) is 4.70. The van der Waals surface area contributed by atoms with Crippen LogP contribution in [-0.4, -0.2) is 0 Å². The van der Waals surface area contributed by atoms with Gasteiger partial charge in [0.2, 0.25) is 0 Å². The highest BCUT2D eigenvalue weighted by atomic mass is 14.3. The summed E-state index contributed by atoms with van der Waals surface area (Å²) in [6.45, 7) is 14.4. The van der Waals surface area contributed by atoms with Crippen LogP contribution in [0.5, 0.6) is 0 Å². The molecule has 0 amide bonds. The van der Waals surface area contributed by atoms with Crippen molar-refractivity contribution in [3.8, 4) is 0 Å². The maximum absolute atomic E-state index is 2.46. The van der Waals surface area contributed by atoms with E-state index >= 15 is 0 Å². The molecule has 0 heteroatoms. The van der Waals surface area contributed by atoms with Crippen molar-refractivity contribution in [2.24, 2.45) is 23.7 Å². The van der Waals surface area contributed by atoms with E-state index < -0.39 is 0 Å². The lowest BCUT2D eigenvalue weighted by Gasteiger charge is -2.36. The van der Waals surface area contributed by atoms with Gasteiger partial charge in [-0.05, 0) is 30.1 Å². The van der Waals surface area contributed by atoms with E-state index in [-0.39, 0.29) is 0 Å². The van der Waals surface area contributed by atoms with Crippen molar-refractivity contribution in [3.63, 3.8) is 0 Å². The van der Waals surface area contributed by atoms with Gasteiger partial charge in [-0.2, -0.15) is 0 Å². The quantitative estimate of drug-likeness (QED) is 0.232. The van der Waals surface area contributed by atoms with E-state index in [0.29, 0.717) is 0 Å². The summed E-state index contributed by atoms with van der Waals surface area (Å²) in [5.41, 5.74) is 0. The van der Waals surface area contributed by atoms with E-state index in [9.17, 15) is 0 Å². The summed E-state index contributed by atoms with van der Waals surface area (Å²) in [7, 11) is 0. The first kappa shape index (κ1) is 24.0. The first-order valence-corrected chi connectivity index (χ1v) is 11.7. The summed E-state index contributed by atoms with van der Waals surface area (Å²) in [5, 5.41) is 0. The lowest BCUT2D eigenvalue weighted by atomic mass is 9.70. The molecule has 0 aliphatic rings. The molecule has 0 aromatic carbocycles. The summed E-state index contributed by atoms with van der Waals surface area (Å²) in [6.07, 6.45) is 20.0. The zero-order chi connectivity index (χ0) is 18.2. The van der Waals surface area contributed by atoms with Crippen LogP contribution in [0.4, 0.5) is 0 Å². The molecular formula is C24H50. The van der Waals surface area contributed by atoms with Crippen LogP contribution in [0.15, 0.2) is 0 Å². The van der Waals surface area contributed by atoms with Gasteiger partial charge in [0.25, 0.3) is 0 Å². The summed E-state index contributed by atoms with van der Waals surface area (Å²) < 4.78 is 0. The van der Waals surface area contributed by atoms with Gasteiger partial charge >= 0.3 is 0 Å². The minimum absolute atomic E-state index is 0.979. The predicted octanol–water partition coefficient (Wildman–Crippen LogP) is 9.03. The molecule has 0 bridgehead atoms. The molecule has 0 aliphatic carbocycles. The molecule has 0 radical (unpaired) electrons. The number of hydrogen-bond donors (Lipinski definition) is 0. The highest BCUT2D eigenvalue weighted by molar-refractivity contribution is 4.79. The molecule has 0 N–H and O–H groups in total. The molecule has 0 rings (SSSR count). The first-order valence-electron chi connectivity index (χ1n) is 11.7. The van der Waals surface area contributed by atoms with Gasteiger partial charge in [-0.15, -0.1) is 0 Å². The van der Waals surface area contributed by atoms with Gasteiger partial charge in [-0.25, -0.2) is 0 Å². The molecule has 0 spiro atoms. The molecule has 3 unspecified atom stereocenters. The highest BCUT2D eigenvalue weighted by Gasteiger charge is 2.28. The van der Waals surface area contributed by atoms with Crippen LogP contribution < -0.4 is 0 Å². The second-order valence-corrected chi connectivity index (χ2v) is 8.29. The molecule has 0 aliphatic heterocycles. The minimum atomic E-state index is 0.979. The van der Waals surface area contributed by atoms with Crippen LogP contribution in [-0.2, 0) is 0 Å². The number of rotatable bonds is 17. The molecule has 0 fully saturated rings. The Hall–Kier alpha value is 0. The Morgan fingerprint density at radius 2 is 1.00 bits per heavy atom. The van der Waals surface area contributed by atoms with Crippen LogP contribution in [0.2, 0.25) is 0 Å². The third-order valence-corrected chi connectivity index (χ3v) is 6.52. The van der Waals surface area contributed by atoms with E-state index in [1.807, 2.05) is 0 Å². The molecule has 3 atom stereocenters. The van der Waals surface area contributed by atoms with Crippen molar-refractivity contribution in [1.29, 1.82) is 0 Å². The lowest BCUT2D eigenvalue weighted by Crippen LogP contribution is -2.26. The average Bonchev–Trinajstić information content (AvgIpc) is 2.61. The fraction of sp³-hybridized carbons (Fsp3) is 1.00. The van der Waals surface area contributed by atoms with Crippen LogP contribution >= 0.6 is 0 Å². The largest absolute Gasteiger partial charge is 0.0654 e. The van der Waals surface area contributed by atoms with Crippen molar-refractivity contribution in [1.82, 2.24) is 0 Å². The molecule has 0 saturated carbocycles. The SMILES string of the molecule is CCCCCC(CC)CC(C(CC)CCCC)C(CC)CCCC. The van der Waals surface area contributed by atoms with Crippen LogP contribution in [0.3, 0.4) is 0 Å². The molecule has 0 aromatic heterocycles. The van der Waals surface area contributed by atoms with Gasteiger partial charge in [-0.3, -0.25) is 0 Å². The molecule has 24 heavy (non-hydrogen) atoms. The molecule has 0 nitrogen and oxygen atoms in total. The molecule has 146 valence electrons. The smallest absolute Gasteiger partial charge is 0.0355 e. The standard InChI is InChI=1S/C24H50/c1-7-13-16-17-21(10-4)20-24(22(11-5)18-14-8-2)23(12-6)19-15-9-3/h21-24H,7-20H2,1-6H3. The van der Waals surface area contributed by atoms with E-state index in [1.165, 1.54) is 89.9 Å². The summed E-state index contributed by atoms with van der Waals surface area (Å²) in [6, 6.07) is 0. The maximum atomic E-state index is 2.46. The minimum Gasteiger partial charge on any atom is -0.0654 e. The molecule has 0 saturated heterocycles. The van der Waals surface area contributed by atoms with Crippen molar-refractivity contribution < 1.29 is 0 Å². The summed E-state index contributed by atoms with van der Waals surface area (Å²) >= 11 is 0. The van der Waals surface area contributed by atoms with Gasteiger partial charge in [0.15, 0.2) is 0 Å². The average molecular weight is 339 g/mol. The van der Waals surface area contributed by atoms with Gasteiger partial charge in [0.1, 0.15) is 0 Å². The fourth-order valence-electron chi connectivity index (χ4n) is 4.70. The zero-order valence-corrected chi connectivity index (χ0v) is 18.2. The molecular weight excluding hydrogens is 288 g/mol. The Kier molecular flexibility index (Phi) is 16.5. The number of unbranched alkanes of at least 4 members (excludes halogenated alkanes) is 4. The van der Waals surface area contributed by atoms with Gasteiger partial charge in [-0.1, -0.05) is 125 Å². The Labute approximate surface area is 155 Å². The Bertz CT molecular complexity index is 228.